The van der Waals surface area contributed by atoms with Crippen LogP contribution in [0.3, 0.4) is 0 Å². The zero-order valence-corrected chi connectivity index (χ0v) is 29.6. The summed E-state index contributed by atoms with van der Waals surface area (Å²) in [7, 11) is -13.9. The third kappa shape index (κ3) is 7.40. The average molecular weight is 751 g/mol. The van der Waals surface area contributed by atoms with Gasteiger partial charge in [0.15, 0.2) is 18.0 Å². The second-order valence-electron chi connectivity index (χ2n) is 13.4. The van der Waals surface area contributed by atoms with E-state index in [0.29, 0.717) is 84.0 Å². The standard InChI is InChI=1S/C32H35N3O12S3/c1-32(2)16-21(18-48(38,39)40)23-13-25-29(15-27(23)35(32)10-4-6-31(36)37)47-28-14-26-19(11-24(28)33-25)5-3-9-34(26)17-20-7-8-22(49(41,42)43)12-30(20)50(44,45)46/h7-8,11-15,21H,3-6,9-10,16-18H2,1-2H3,(H3-,36,37,38,39,40,41,42,43,44,45,46)/p+1. The molecular formula is C32H36N3O12S3+. The average Bonchev–Trinajstić information content (AvgIpc) is 2.98. The number of carbonyl (C=O) groups is 1. The van der Waals surface area contributed by atoms with Gasteiger partial charge in [0.2, 0.25) is 5.36 Å². The first-order chi connectivity index (χ1) is 23.2. The first kappa shape index (κ1) is 35.9. The van der Waals surface area contributed by atoms with Crippen molar-refractivity contribution in [3.63, 3.8) is 0 Å². The van der Waals surface area contributed by atoms with Gasteiger partial charge >= 0.3 is 5.97 Å². The first-order valence-corrected chi connectivity index (χ1v) is 20.2. The maximum absolute atomic E-state index is 12.2. The molecule has 1 unspecified atom stereocenters. The lowest BCUT2D eigenvalue weighted by Gasteiger charge is -2.48. The third-order valence-corrected chi connectivity index (χ3v) is 11.9. The van der Waals surface area contributed by atoms with Crippen molar-refractivity contribution in [1.82, 2.24) is 4.58 Å². The second-order valence-corrected chi connectivity index (χ2v) is 17.7. The number of hydrogen-bond acceptors (Lipinski definition) is 10. The third-order valence-electron chi connectivity index (χ3n) is 9.31. The molecule has 0 fully saturated rings. The molecule has 3 aromatic rings. The summed E-state index contributed by atoms with van der Waals surface area (Å²) in [6, 6.07) is 10.1. The van der Waals surface area contributed by atoms with Crippen molar-refractivity contribution in [2.45, 2.75) is 73.7 Å². The molecule has 0 amide bonds. The molecule has 4 N–H and O–H groups in total. The van der Waals surface area contributed by atoms with Gasteiger partial charge in [-0.2, -0.15) is 25.3 Å². The monoisotopic (exact) mass is 750 g/mol. The number of carboxylic acid groups (broad SMARTS) is 1. The first-order valence-electron chi connectivity index (χ1n) is 15.7. The molecule has 3 heterocycles. The van der Waals surface area contributed by atoms with Crippen LogP contribution in [0.1, 0.15) is 62.1 Å². The highest BCUT2D eigenvalue weighted by atomic mass is 32.2. The van der Waals surface area contributed by atoms with Gasteiger partial charge in [-0.25, -0.2) is 9.57 Å². The van der Waals surface area contributed by atoms with E-state index in [1.54, 1.807) is 18.2 Å². The smallest absolute Gasteiger partial charge is 0.303 e. The Bertz CT molecular complexity index is 2390. The minimum atomic E-state index is -4.86. The summed E-state index contributed by atoms with van der Waals surface area (Å²) in [5, 5.41) is 10.5. The van der Waals surface area contributed by atoms with Gasteiger partial charge in [-0.3, -0.25) is 18.5 Å². The number of ether oxygens (including phenoxy) is 1. The molecule has 1 atom stereocenters. The van der Waals surface area contributed by atoms with Crippen LogP contribution in [0, 0.1) is 0 Å². The van der Waals surface area contributed by atoms with Crippen LogP contribution in [-0.2, 0) is 48.1 Å². The molecule has 0 spiro atoms. The fraction of sp³-hybridized carbons (Fsp3) is 0.406. The summed E-state index contributed by atoms with van der Waals surface area (Å²) in [4.78, 5) is 16.8. The topological polar surface area (TPSA) is 228 Å². The molecule has 50 heavy (non-hydrogen) atoms. The van der Waals surface area contributed by atoms with E-state index in [0.717, 1.165) is 11.6 Å². The fourth-order valence-corrected chi connectivity index (χ4v) is 9.32. The van der Waals surface area contributed by atoms with Crippen molar-refractivity contribution in [2.75, 3.05) is 23.7 Å². The molecule has 0 bridgehead atoms. The van der Waals surface area contributed by atoms with Crippen molar-refractivity contribution in [1.29, 1.82) is 0 Å². The van der Waals surface area contributed by atoms with Crippen LogP contribution < -0.4 is 24.9 Å². The Hall–Kier alpha value is -3.94. The summed E-state index contributed by atoms with van der Waals surface area (Å²) in [5.74, 6) is -1.23. The van der Waals surface area contributed by atoms with Gasteiger partial charge < -0.3 is 14.7 Å². The Labute approximate surface area is 288 Å². The number of aryl methyl sites for hydroxylation is 1. The molecule has 0 aromatic heterocycles. The minimum absolute atomic E-state index is 0.0244. The molecule has 0 aliphatic carbocycles. The predicted molar refractivity (Wildman–Crippen MR) is 180 cm³/mol. The van der Waals surface area contributed by atoms with E-state index in [2.05, 4.69) is 0 Å². The van der Waals surface area contributed by atoms with Crippen molar-refractivity contribution in [2.24, 2.45) is 4.99 Å². The van der Waals surface area contributed by atoms with Gasteiger partial charge in [-0.15, -0.1) is 0 Å². The number of anilines is 1. The highest BCUT2D eigenvalue weighted by Crippen LogP contribution is 2.49. The zero-order valence-electron chi connectivity index (χ0n) is 27.1. The minimum Gasteiger partial charge on any atom is -0.481 e. The van der Waals surface area contributed by atoms with Crippen LogP contribution in [0.4, 0.5) is 11.4 Å². The zero-order chi connectivity index (χ0) is 36.4. The summed E-state index contributed by atoms with van der Waals surface area (Å²) < 4.78 is 109. The maximum atomic E-state index is 12.2. The van der Waals surface area contributed by atoms with Crippen LogP contribution >= 0.6 is 0 Å². The van der Waals surface area contributed by atoms with E-state index in [1.807, 2.05) is 29.4 Å². The number of benzene rings is 3. The SMILES string of the molecule is CC1(C)CC(CS(=O)(=O)O)c2cc3c(cc2N1CCCC(=O)O)Oc1cc2c(cc1=N3)CCC[N+]=2Cc1ccc(S(=O)(=O)O)cc1S(=O)(=O)O. The highest BCUT2D eigenvalue weighted by molar-refractivity contribution is 7.86. The molecular weight excluding hydrogens is 715 g/mol. The number of hydrogen-bond donors (Lipinski definition) is 4. The van der Waals surface area contributed by atoms with E-state index in [9.17, 15) is 48.8 Å². The Balaban J connectivity index is 1.45. The molecule has 0 radical (unpaired) electrons. The molecule has 18 heteroatoms. The normalized spacial score (nSPS) is 18.2. The van der Waals surface area contributed by atoms with Crippen molar-refractivity contribution in [3.8, 4) is 11.5 Å². The van der Waals surface area contributed by atoms with Gasteiger partial charge in [-0.1, -0.05) is 0 Å². The highest BCUT2D eigenvalue weighted by Gasteiger charge is 2.40. The van der Waals surface area contributed by atoms with Crippen LogP contribution in [0.5, 0.6) is 11.5 Å². The largest absolute Gasteiger partial charge is 0.481 e. The summed E-state index contributed by atoms with van der Waals surface area (Å²) in [6.45, 7) is 4.70. The number of carboxylic acids is 1. The number of fused-ring (bicyclic) bond motifs is 4. The van der Waals surface area contributed by atoms with Gasteiger partial charge in [0, 0.05) is 53.7 Å². The van der Waals surface area contributed by atoms with Crippen molar-refractivity contribution >= 4 is 47.7 Å². The van der Waals surface area contributed by atoms with Gasteiger partial charge in [0.1, 0.15) is 22.5 Å². The Morgan fingerprint density at radius 2 is 1.74 bits per heavy atom. The van der Waals surface area contributed by atoms with Gasteiger partial charge in [-0.05, 0) is 69.0 Å². The lowest BCUT2D eigenvalue weighted by atomic mass is 9.79. The van der Waals surface area contributed by atoms with Gasteiger partial charge in [0.25, 0.3) is 30.4 Å². The van der Waals surface area contributed by atoms with Gasteiger partial charge in [0.05, 0.1) is 16.7 Å². The summed E-state index contributed by atoms with van der Waals surface area (Å²) in [5.41, 5.74) is 2.12. The quantitative estimate of drug-likeness (QED) is 0.135. The van der Waals surface area contributed by atoms with E-state index < -0.39 is 63.3 Å². The molecule has 0 saturated heterocycles. The van der Waals surface area contributed by atoms with Crippen LogP contribution in [0.25, 0.3) is 0 Å². The molecule has 3 aromatic carbocycles. The Morgan fingerprint density at radius 1 is 1.00 bits per heavy atom. The van der Waals surface area contributed by atoms with E-state index in [1.165, 1.54) is 6.07 Å². The van der Waals surface area contributed by atoms with Crippen LogP contribution in [0.15, 0.2) is 57.2 Å². The molecule has 0 saturated carbocycles. The molecule has 268 valence electrons. The van der Waals surface area contributed by atoms with E-state index >= 15 is 0 Å². The van der Waals surface area contributed by atoms with Crippen molar-refractivity contribution < 1.29 is 53.5 Å². The summed E-state index contributed by atoms with van der Waals surface area (Å²) in [6.07, 6.45) is 2.01. The Morgan fingerprint density at radius 3 is 2.40 bits per heavy atom. The maximum Gasteiger partial charge on any atom is 0.303 e. The second kappa shape index (κ2) is 12.7. The van der Waals surface area contributed by atoms with E-state index in [-0.39, 0.29) is 18.5 Å². The number of nitrogens with zero attached hydrogens (tertiary/aromatic N) is 3. The summed E-state index contributed by atoms with van der Waals surface area (Å²) >= 11 is 0. The molecule has 3 aliphatic rings. The molecule has 6 rings (SSSR count). The molecule has 15 nitrogen and oxygen atoms in total. The van der Waals surface area contributed by atoms with Crippen LogP contribution in [0.2, 0.25) is 0 Å². The van der Waals surface area contributed by atoms with Crippen molar-refractivity contribution in [3.05, 3.63) is 69.9 Å². The number of rotatable bonds is 10. The molecule has 3 aliphatic heterocycles. The number of aliphatic carboxylic acids is 1. The fourth-order valence-electron chi connectivity index (χ4n) is 7.20. The lowest BCUT2D eigenvalue weighted by molar-refractivity contribution is -0.137. The lowest BCUT2D eigenvalue weighted by Crippen LogP contribution is -2.50. The van der Waals surface area contributed by atoms with E-state index in [4.69, 9.17) is 9.73 Å². The predicted octanol–water partition coefficient (Wildman–Crippen LogP) is 2.70. The Kier molecular flexibility index (Phi) is 9.10. The van der Waals surface area contributed by atoms with Crippen LogP contribution in [-0.4, -0.2) is 74.4 Å².